The maximum absolute atomic E-state index is 6.58. The van der Waals surface area contributed by atoms with Crippen molar-refractivity contribution in [3.63, 3.8) is 0 Å². The van der Waals surface area contributed by atoms with Crippen molar-refractivity contribution in [1.82, 2.24) is 24.5 Å². The van der Waals surface area contributed by atoms with Crippen LogP contribution in [0.1, 0.15) is 16.8 Å². The van der Waals surface area contributed by atoms with E-state index in [0.717, 1.165) is 22.2 Å². The van der Waals surface area contributed by atoms with Crippen LogP contribution in [-0.4, -0.2) is 24.5 Å². The van der Waals surface area contributed by atoms with Crippen LogP contribution in [0.15, 0.2) is 55.4 Å². The Morgan fingerprint density at radius 1 is 1.00 bits per heavy atom. The van der Waals surface area contributed by atoms with Gasteiger partial charge in [0.15, 0.2) is 0 Å². The Kier molecular flexibility index (Phi) is 4.33. The molecule has 4 rings (SSSR count). The fraction of sp³-hybridized carbons (Fsp3) is 0.0526. The van der Waals surface area contributed by atoms with Gasteiger partial charge in [-0.15, -0.1) is 0 Å². The average molecular weight is 363 g/mol. The maximum Gasteiger partial charge on any atom is 0.141 e. The largest absolute Gasteiger partial charge is 0.382 e. The van der Waals surface area contributed by atoms with Gasteiger partial charge < -0.3 is 10.3 Å². The van der Waals surface area contributed by atoms with Crippen LogP contribution in [0.3, 0.4) is 0 Å². The summed E-state index contributed by atoms with van der Waals surface area (Å²) >= 11 is 6.58. The molecule has 0 unspecified atom stereocenters. The van der Waals surface area contributed by atoms with E-state index < -0.39 is 0 Å². The number of anilines is 1. The van der Waals surface area contributed by atoms with Crippen molar-refractivity contribution in [2.75, 3.05) is 5.73 Å². The Labute approximate surface area is 155 Å². The van der Waals surface area contributed by atoms with Crippen molar-refractivity contribution in [2.24, 2.45) is 0 Å². The SMILES string of the molecule is Nc1cnc(/C=C/c2cnc3c(ccn3Cc3ccncc3)c2Cl)cn1. The van der Waals surface area contributed by atoms with Crippen molar-refractivity contribution in [2.45, 2.75) is 6.54 Å². The zero-order valence-electron chi connectivity index (χ0n) is 13.7. The number of hydrogen-bond acceptors (Lipinski definition) is 5. The van der Waals surface area contributed by atoms with Gasteiger partial charge in [0.2, 0.25) is 0 Å². The van der Waals surface area contributed by atoms with E-state index in [1.54, 1.807) is 24.8 Å². The summed E-state index contributed by atoms with van der Waals surface area (Å²) in [5.74, 6) is 0.388. The fourth-order valence-electron chi connectivity index (χ4n) is 2.66. The summed E-state index contributed by atoms with van der Waals surface area (Å²) in [5.41, 5.74) is 9.06. The number of pyridine rings is 2. The van der Waals surface area contributed by atoms with E-state index in [1.165, 1.54) is 6.20 Å². The highest BCUT2D eigenvalue weighted by Crippen LogP contribution is 2.28. The van der Waals surface area contributed by atoms with Gasteiger partial charge in [-0.3, -0.25) is 9.97 Å². The molecule has 0 aromatic carbocycles. The lowest BCUT2D eigenvalue weighted by atomic mass is 10.2. The highest BCUT2D eigenvalue weighted by Gasteiger charge is 2.09. The van der Waals surface area contributed by atoms with Gasteiger partial charge in [-0.2, -0.15) is 0 Å². The van der Waals surface area contributed by atoms with Crippen molar-refractivity contribution in [1.29, 1.82) is 0 Å². The van der Waals surface area contributed by atoms with Gasteiger partial charge >= 0.3 is 0 Å². The topological polar surface area (TPSA) is 82.5 Å². The van der Waals surface area contributed by atoms with Crippen molar-refractivity contribution in [3.05, 3.63) is 77.2 Å². The summed E-state index contributed by atoms with van der Waals surface area (Å²) < 4.78 is 2.06. The van der Waals surface area contributed by atoms with Gasteiger partial charge in [-0.1, -0.05) is 11.6 Å². The molecule has 0 saturated carbocycles. The summed E-state index contributed by atoms with van der Waals surface area (Å²) in [5, 5.41) is 1.56. The van der Waals surface area contributed by atoms with Gasteiger partial charge in [-0.05, 0) is 35.9 Å². The van der Waals surface area contributed by atoms with E-state index in [1.807, 2.05) is 36.5 Å². The molecule has 2 N–H and O–H groups in total. The van der Waals surface area contributed by atoms with Crippen molar-refractivity contribution < 1.29 is 0 Å². The quantitative estimate of drug-likeness (QED) is 0.598. The number of rotatable bonds is 4. The van der Waals surface area contributed by atoms with Gasteiger partial charge in [0.25, 0.3) is 0 Å². The lowest BCUT2D eigenvalue weighted by Gasteiger charge is -2.06. The van der Waals surface area contributed by atoms with Crippen LogP contribution in [0.2, 0.25) is 5.02 Å². The molecule has 0 fully saturated rings. The molecule has 0 atom stereocenters. The Balaban J connectivity index is 1.64. The predicted molar refractivity (Wildman–Crippen MR) is 103 cm³/mol. The number of nitrogens with two attached hydrogens (primary N) is 1. The summed E-state index contributed by atoms with van der Waals surface area (Å²) in [6.07, 6.45) is 14.1. The number of hydrogen-bond donors (Lipinski definition) is 1. The Morgan fingerprint density at radius 2 is 1.85 bits per heavy atom. The molecule has 7 heteroatoms. The van der Waals surface area contributed by atoms with E-state index in [9.17, 15) is 0 Å². The van der Waals surface area contributed by atoms with Crippen molar-refractivity contribution in [3.8, 4) is 0 Å². The van der Waals surface area contributed by atoms with Gasteiger partial charge in [-0.25, -0.2) is 9.97 Å². The molecule has 4 aromatic heterocycles. The Hall–Kier alpha value is -3.25. The lowest BCUT2D eigenvalue weighted by Crippen LogP contribution is -1.99. The average Bonchev–Trinajstić information content (AvgIpc) is 3.07. The summed E-state index contributed by atoms with van der Waals surface area (Å²) in [7, 11) is 0. The highest BCUT2D eigenvalue weighted by atomic mass is 35.5. The summed E-state index contributed by atoms with van der Waals surface area (Å²) in [6.45, 7) is 0.714. The van der Waals surface area contributed by atoms with Crippen LogP contribution in [0.25, 0.3) is 23.2 Å². The molecule has 26 heavy (non-hydrogen) atoms. The van der Waals surface area contributed by atoms with Crippen LogP contribution in [0.4, 0.5) is 5.82 Å². The van der Waals surface area contributed by atoms with Crippen LogP contribution < -0.4 is 5.73 Å². The maximum atomic E-state index is 6.58. The van der Waals surface area contributed by atoms with Crippen molar-refractivity contribution >= 4 is 40.6 Å². The second-order valence-electron chi connectivity index (χ2n) is 5.76. The normalized spacial score (nSPS) is 11.4. The molecule has 0 aliphatic heterocycles. The lowest BCUT2D eigenvalue weighted by molar-refractivity contribution is 0.823. The first kappa shape index (κ1) is 16.2. The molecule has 4 aromatic rings. The molecule has 0 amide bonds. The summed E-state index contributed by atoms with van der Waals surface area (Å²) in [4.78, 5) is 16.8. The summed E-state index contributed by atoms with van der Waals surface area (Å²) in [6, 6.07) is 5.95. The standard InChI is InChI=1S/C19H15ClN6/c20-18-14(1-2-15-10-24-17(21)11-23-15)9-25-19-16(18)5-8-26(19)12-13-3-6-22-7-4-13/h1-11H,12H2,(H2,21,24)/b2-1+. The van der Waals surface area contributed by atoms with E-state index in [2.05, 4.69) is 24.5 Å². The number of nitrogen functional groups attached to an aromatic ring is 1. The van der Waals surface area contributed by atoms with Gasteiger partial charge in [0, 0.05) is 42.3 Å². The van der Waals surface area contributed by atoms with Crippen LogP contribution >= 0.6 is 11.6 Å². The monoisotopic (exact) mass is 362 g/mol. The van der Waals surface area contributed by atoms with E-state index in [-0.39, 0.29) is 0 Å². The van der Waals surface area contributed by atoms with Crippen LogP contribution in [0.5, 0.6) is 0 Å². The molecule has 0 aliphatic carbocycles. The molecule has 6 nitrogen and oxygen atoms in total. The van der Waals surface area contributed by atoms with Gasteiger partial charge in [0.1, 0.15) is 11.5 Å². The fourth-order valence-corrected chi connectivity index (χ4v) is 2.92. The third-order valence-electron chi connectivity index (χ3n) is 3.98. The molecule has 0 spiro atoms. The Bertz CT molecular complexity index is 1070. The number of nitrogens with zero attached hydrogens (tertiary/aromatic N) is 5. The van der Waals surface area contributed by atoms with Gasteiger partial charge in [0.05, 0.1) is 23.1 Å². The molecule has 0 radical (unpaired) electrons. The van der Waals surface area contributed by atoms with E-state index in [0.29, 0.717) is 23.1 Å². The molecule has 0 aliphatic rings. The predicted octanol–water partition coefficient (Wildman–Crippen LogP) is 3.68. The number of aromatic nitrogens is 5. The first-order chi connectivity index (χ1) is 12.7. The second kappa shape index (κ2) is 6.93. The second-order valence-corrected chi connectivity index (χ2v) is 6.14. The van der Waals surface area contributed by atoms with E-state index >= 15 is 0 Å². The minimum absolute atomic E-state index is 0.388. The minimum Gasteiger partial charge on any atom is -0.382 e. The first-order valence-corrected chi connectivity index (χ1v) is 8.36. The molecule has 0 saturated heterocycles. The van der Waals surface area contributed by atoms with Crippen LogP contribution in [0, 0.1) is 0 Å². The van der Waals surface area contributed by atoms with E-state index in [4.69, 9.17) is 17.3 Å². The molecule has 128 valence electrons. The smallest absolute Gasteiger partial charge is 0.141 e. The number of halogens is 1. The Morgan fingerprint density at radius 3 is 2.62 bits per heavy atom. The minimum atomic E-state index is 0.388. The molecular formula is C19H15ClN6. The third kappa shape index (κ3) is 3.27. The zero-order valence-corrected chi connectivity index (χ0v) is 14.5. The highest BCUT2D eigenvalue weighted by molar-refractivity contribution is 6.36. The number of fused-ring (bicyclic) bond motifs is 1. The molecule has 0 bridgehead atoms. The molecule has 4 heterocycles. The zero-order chi connectivity index (χ0) is 17.9. The van der Waals surface area contributed by atoms with Crippen LogP contribution in [-0.2, 0) is 6.54 Å². The third-order valence-corrected chi connectivity index (χ3v) is 4.40. The molecular weight excluding hydrogens is 348 g/mol. The first-order valence-electron chi connectivity index (χ1n) is 7.98.